The summed E-state index contributed by atoms with van der Waals surface area (Å²) in [5.74, 6) is 0.147. The van der Waals surface area contributed by atoms with Gasteiger partial charge in [-0.15, -0.1) is 0 Å². The van der Waals surface area contributed by atoms with Gasteiger partial charge in [-0.25, -0.2) is 12.7 Å². The lowest BCUT2D eigenvalue weighted by molar-refractivity contribution is 0.0573. The number of carbonyl (C=O) groups is 1. The summed E-state index contributed by atoms with van der Waals surface area (Å²) in [6.07, 6.45) is 9.97. The quantitative estimate of drug-likeness (QED) is 0.744. The van der Waals surface area contributed by atoms with E-state index in [0.717, 1.165) is 50.8 Å². The Labute approximate surface area is 174 Å². The third-order valence-corrected chi connectivity index (χ3v) is 8.02. The molecule has 1 aliphatic carbocycles. The lowest BCUT2D eigenvalue weighted by atomic mass is 9.95. The van der Waals surface area contributed by atoms with Crippen LogP contribution in [0.15, 0.2) is 18.3 Å². The first kappa shape index (κ1) is 20.8. The first-order valence-electron chi connectivity index (χ1n) is 10.9. The summed E-state index contributed by atoms with van der Waals surface area (Å²) in [6, 6.07) is 4.47. The molecule has 0 bridgehead atoms. The second-order valence-corrected chi connectivity index (χ2v) is 10.7. The van der Waals surface area contributed by atoms with Crippen LogP contribution in [0, 0.1) is 0 Å². The average molecular weight is 421 g/mol. The van der Waals surface area contributed by atoms with Gasteiger partial charge in [-0.3, -0.25) is 14.7 Å². The van der Waals surface area contributed by atoms with Gasteiger partial charge < -0.3 is 4.90 Å². The lowest BCUT2D eigenvalue weighted by Gasteiger charge is -2.38. The minimum absolute atomic E-state index is 0.0523. The van der Waals surface area contributed by atoms with Crippen molar-refractivity contribution in [3.63, 3.8) is 0 Å². The summed E-state index contributed by atoms with van der Waals surface area (Å²) in [7, 11) is -3.17. The average Bonchev–Trinajstić information content (AvgIpc) is 3.28. The zero-order valence-corrected chi connectivity index (χ0v) is 18.1. The normalized spacial score (nSPS) is 25.4. The van der Waals surface area contributed by atoms with Crippen LogP contribution in [-0.4, -0.2) is 85.0 Å². The molecule has 0 spiro atoms. The van der Waals surface area contributed by atoms with Crippen LogP contribution in [0.4, 0.5) is 0 Å². The Morgan fingerprint density at radius 1 is 1.00 bits per heavy atom. The molecule has 3 aliphatic rings. The fourth-order valence-corrected chi connectivity index (χ4v) is 5.91. The first-order chi connectivity index (χ1) is 13.9. The van der Waals surface area contributed by atoms with Crippen molar-refractivity contribution < 1.29 is 13.2 Å². The number of carbonyl (C=O) groups excluding carboxylic acids is 1. The maximum absolute atomic E-state index is 12.9. The second kappa shape index (κ2) is 8.70. The predicted molar refractivity (Wildman–Crippen MR) is 112 cm³/mol. The molecule has 3 fully saturated rings. The Morgan fingerprint density at radius 2 is 1.72 bits per heavy atom. The molecule has 1 aromatic rings. The van der Waals surface area contributed by atoms with E-state index in [9.17, 15) is 13.2 Å². The highest BCUT2D eigenvalue weighted by Crippen LogP contribution is 2.27. The number of piperidine rings is 1. The fraction of sp³-hybridized carbons (Fsp3) is 0.714. The van der Waals surface area contributed by atoms with Crippen molar-refractivity contribution in [1.29, 1.82) is 0 Å². The molecular weight excluding hydrogens is 388 g/mol. The van der Waals surface area contributed by atoms with Gasteiger partial charge in [0, 0.05) is 63.1 Å². The van der Waals surface area contributed by atoms with Crippen molar-refractivity contribution in [2.24, 2.45) is 0 Å². The van der Waals surface area contributed by atoms with Gasteiger partial charge >= 0.3 is 0 Å². The number of hydrogen-bond acceptors (Lipinski definition) is 5. The molecule has 8 heteroatoms. The molecule has 0 radical (unpaired) electrons. The fourth-order valence-electron chi connectivity index (χ4n) is 5.00. The number of pyridine rings is 1. The molecule has 0 N–H and O–H groups in total. The Hall–Kier alpha value is -1.51. The van der Waals surface area contributed by atoms with Crippen LogP contribution >= 0.6 is 0 Å². The highest BCUT2D eigenvalue weighted by Gasteiger charge is 2.30. The molecule has 4 rings (SSSR count). The summed E-state index contributed by atoms with van der Waals surface area (Å²) < 4.78 is 25.2. The summed E-state index contributed by atoms with van der Waals surface area (Å²) in [5, 5.41) is 0. The Morgan fingerprint density at radius 3 is 2.34 bits per heavy atom. The van der Waals surface area contributed by atoms with Gasteiger partial charge in [-0.2, -0.15) is 0 Å². The van der Waals surface area contributed by atoms with Gasteiger partial charge in [0.25, 0.3) is 5.91 Å². The Bertz CT molecular complexity index is 813. The van der Waals surface area contributed by atoms with Crippen LogP contribution < -0.4 is 0 Å². The van der Waals surface area contributed by atoms with E-state index in [0.29, 0.717) is 18.7 Å². The minimum atomic E-state index is -3.17. The van der Waals surface area contributed by atoms with Crippen LogP contribution in [0.5, 0.6) is 0 Å². The topological polar surface area (TPSA) is 73.8 Å². The molecule has 3 heterocycles. The van der Waals surface area contributed by atoms with Crippen molar-refractivity contribution in [2.75, 3.05) is 45.5 Å². The summed E-state index contributed by atoms with van der Waals surface area (Å²) in [6.45, 7) is 4.55. The molecule has 2 saturated heterocycles. The van der Waals surface area contributed by atoms with Crippen molar-refractivity contribution in [3.05, 3.63) is 29.6 Å². The van der Waals surface area contributed by atoms with Crippen LogP contribution in [0.1, 0.15) is 60.5 Å². The molecule has 0 aromatic carbocycles. The monoisotopic (exact) mass is 420 g/mol. The summed E-state index contributed by atoms with van der Waals surface area (Å²) >= 11 is 0. The molecule has 1 saturated carbocycles. The van der Waals surface area contributed by atoms with Crippen LogP contribution in [0.2, 0.25) is 0 Å². The van der Waals surface area contributed by atoms with Gasteiger partial charge in [0.05, 0.1) is 11.8 Å². The predicted octanol–water partition coefficient (Wildman–Crippen LogP) is 1.92. The maximum atomic E-state index is 12.9. The van der Waals surface area contributed by atoms with Gasteiger partial charge in [0.1, 0.15) is 0 Å². The van der Waals surface area contributed by atoms with Crippen molar-refractivity contribution in [1.82, 2.24) is 19.1 Å². The largest absolute Gasteiger partial charge is 0.336 e. The smallest absolute Gasteiger partial charge is 0.255 e. The molecule has 160 valence electrons. The number of aromatic nitrogens is 1. The molecular formula is C21H32N4O3S. The highest BCUT2D eigenvalue weighted by atomic mass is 32.2. The van der Waals surface area contributed by atoms with E-state index in [2.05, 4.69) is 9.88 Å². The van der Waals surface area contributed by atoms with Crippen molar-refractivity contribution in [3.8, 4) is 0 Å². The highest BCUT2D eigenvalue weighted by molar-refractivity contribution is 7.88. The van der Waals surface area contributed by atoms with Crippen LogP contribution in [-0.2, 0) is 10.0 Å². The number of amides is 1. The molecule has 29 heavy (non-hydrogen) atoms. The van der Waals surface area contributed by atoms with E-state index >= 15 is 0 Å². The van der Waals surface area contributed by atoms with Crippen LogP contribution in [0.25, 0.3) is 0 Å². The van der Waals surface area contributed by atoms with E-state index in [4.69, 9.17) is 0 Å². The van der Waals surface area contributed by atoms with Crippen LogP contribution in [0.3, 0.4) is 0 Å². The third kappa shape index (κ3) is 4.81. The van der Waals surface area contributed by atoms with E-state index in [1.807, 2.05) is 17.0 Å². The SMILES string of the molecule is CS(=O)(=O)N1CCC[C@@H](c2ccc(C(=O)N3CCN(C4CCCC4)CC3)cn2)C1. The number of sulfonamides is 1. The first-order valence-corrected chi connectivity index (χ1v) is 12.7. The van der Waals surface area contributed by atoms with Crippen molar-refractivity contribution >= 4 is 15.9 Å². The van der Waals surface area contributed by atoms with E-state index in [1.54, 1.807) is 6.20 Å². The zero-order valence-electron chi connectivity index (χ0n) is 17.3. The van der Waals surface area contributed by atoms with Gasteiger partial charge in [0.2, 0.25) is 10.0 Å². The van der Waals surface area contributed by atoms with E-state index < -0.39 is 10.0 Å². The minimum Gasteiger partial charge on any atom is -0.336 e. The Kier molecular flexibility index (Phi) is 6.22. The standard InChI is InChI=1S/C21H32N4O3S/c1-29(27,28)25-10-4-5-18(16-25)20-9-8-17(15-22-20)21(26)24-13-11-23(12-14-24)19-6-2-3-7-19/h8-9,15,18-19H,2-7,10-14,16H2,1H3/t18-/m1/s1. The lowest BCUT2D eigenvalue weighted by Crippen LogP contribution is -2.51. The third-order valence-electron chi connectivity index (χ3n) is 6.75. The molecule has 7 nitrogen and oxygen atoms in total. The molecule has 2 aliphatic heterocycles. The Balaban J connectivity index is 1.35. The molecule has 1 amide bonds. The number of nitrogens with zero attached hydrogens (tertiary/aromatic N) is 4. The number of hydrogen-bond donors (Lipinski definition) is 0. The number of rotatable bonds is 4. The molecule has 1 atom stereocenters. The van der Waals surface area contributed by atoms with E-state index in [-0.39, 0.29) is 11.8 Å². The molecule has 1 aromatic heterocycles. The van der Waals surface area contributed by atoms with Gasteiger partial charge in [-0.1, -0.05) is 12.8 Å². The summed E-state index contributed by atoms with van der Waals surface area (Å²) in [4.78, 5) is 21.9. The van der Waals surface area contributed by atoms with Gasteiger partial charge in [-0.05, 0) is 37.8 Å². The second-order valence-electron chi connectivity index (χ2n) is 8.70. The summed E-state index contributed by atoms with van der Waals surface area (Å²) in [5.41, 5.74) is 1.50. The maximum Gasteiger partial charge on any atom is 0.255 e. The van der Waals surface area contributed by atoms with Gasteiger partial charge in [0.15, 0.2) is 0 Å². The zero-order chi connectivity index (χ0) is 20.4. The van der Waals surface area contributed by atoms with Crippen molar-refractivity contribution in [2.45, 2.75) is 50.5 Å². The molecule has 0 unspecified atom stereocenters. The van der Waals surface area contributed by atoms with E-state index in [1.165, 1.54) is 36.2 Å². The number of piperazine rings is 1.